The number of hydrogen-bond acceptors (Lipinski definition) is 3. The number of imidazole rings is 1. The summed E-state index contributed by atoms with van der Waals surface area (Å²) in [5.74, 6) is 0.853. The van der Waals surface area contributed by atoms with E-state index in [2.05, 4.69) is 10.3 Å². The zero-order valence-corrected chi connectivity index (χ0v) is 14.7. The fourth-order valence-corrected chi connectivity index (χ4v) is 2.61. The number of carbonyl (C=O) groups is 1. The van der Waals surface area contributed by atoms with Gasteiger partial charge in [-0.1, -0.05) is 18.2 Å². The second-order valence-corrected chi connectivity index (χ2v) is 5.99. The predicted molar refractivity (Wildman–Crippen MR) is 102 cm³/mol. The second kappa shape index (κ2) is 9.42. The zero-order chi connectivity index (χ0) is 18.0. The summed E-state index contributed by atoms with van der Waals surface area (Å²) >= 11 is 0. The smallest absolute Gasteiger partial charge is 0.251 e. The fraction of sp³-hybridized carbons (Fsp3) is 0.238. The summed E-state index contributed by atoms with van der Waals surface area (Å²) < 4.78 is 7.72. The molecule has 0 saturated heterocycles. The van der Waals surface area contributed by atoms with Crippen molar-refractivity contribution < 1.29 is 9.53 Å². The maximum absolute atomic E-state index is 11.9. The van der Waals surface area contributed by atoms with Crippen molar-refractivity contribution in [3.63, 3.8) is 0 Å². The van der Waals surface area contributed by atoms with Crippen LogP contribution >= 0.6 is 0 Å². The summed E-state index contributed by atoms with van der Waals surface area (Å²) in [6.07, 6.45) is 8.36. The number of ether oxygens (including phenoxy) is 1. The minimum Gasteiger partial charge on any atom is -0.494 e. The molecular formula is C21H23N3O2. The van der Waals surface area contributed by atoms with E-state index >= 15 is 0 Å². The Morgan fingerprint density at radius 3 is 2.54 bits per heavy atom. The van der Waals surface area contributed by atoms with Gasteiger partial charge in [-0.05, 0) is 55.7 Å². The van der Waals surface area contributed by atoms with Crippen molar-refractivity contribution in [3.05, 3.63) is 78.9 Å². The number of nitrogens with one attached hydrogen (secondary N) is 1. The van der Waals surface area contributed by atoms with E-state index in [-0.39, 0.29) is 5.91 Å². The molecule has 1 aromatic heterocycles. The number of unbranched alkanes of at least 4 members (excludes halogenated alkanes) is 2. The molecule has 3 aromatic rings. The molecule has 1 amide bonds. The van der Waals surface area contributed by atoms with Crippen LogP contribution in [0.4, 0.5) is 0 Å². The SMILES string of the molecule is O=C(NCCCCCOc1ccc(-n2ccnc2)cc1)c1ccccc1. The lowest BCUT2D eigenvalue weighted by molar-refractivity contribution is 0.0953. The lowest BCUT2D eigenvalue weighted by atomic mass is 10.2. The number of nitrogens with zero attached hydrogens (tertiary/aromatic N) is 2. The van der Waals surface area contributed by atoms with Gasteiger partial charge in [0.15, 0.2) is 0 Å². The van der Waals surface area contributed by atoms with Gasteiger partial charge in [-0.15, -0.1) is 0 Å². The van der Waals surface area contributed by atoms with Gasteiger partial charge in [0, 0.05) is 30.2 Å². The van der Waals surface area contributed by atoms with Gasteiger partial charge in [-0.2, -0.15) is 0 Å². The van der Waals surface area contributed by atoms with Crippen LogP contribution in [0.25, 0.3) is 5.69 Å². The van der Waals surface area contributed by atoms with Crippen molar-refractivity contribution in [2.24, 2.45) is 0 Å². The molecule has 0 fully saturated rings. The summed E-state index contributed by atoms with van der Waals surface area (Å²) in [4.78, 5) is 15.9. The normalized spacial score (nSPS) is 10.5. The van der Waals surface area contributed by atoms with Gasteiger partial charge in [-0.3, -0.25) is 4.79 Å². The van der Waals surface area contributed by atoms with E-state index in [9.17, 15) is 4.79 Å². The Balaban J connectivity index is 1.28. The molecule has 1 N–H and O–H groups in total. The standard InChI is InChI=1S/C21H23N3O2/c25-21(18-7-3-1-4-8-18)23-13-5-2-6-16-26-20-11-9-19(10-12-20)24-15-14-22-17-24/h1,3-4,7-12,14-15,17H,2,5-6,13,16H2,(H,23,25). The van der Waals surface area contributed by atoms with Crippen molar-refractivity contribution in [2.75, 3.05) is 13.2 Å². The van der Waals surface area contributed by atoms with Crippen molar-refractivity contribution in [1.82, 2.24) is 14.9 Å². The van der Waals surface area contributed by atoms with E-state index in [1.54, 1.807) is 12.5 Å². The highest BCUT2D eigenvalue weighted by atomic mass is 16.5. The molecule has 0 unspecified atom stereocenters. The molecule has 26 heavy (non-hydrogen) atoms. The highest BCUT2D eigenvalue weighted by Gasteiger charge is 2.02. The van der Waals surface area contributed by atoms with Gasteiger partial charge >= 0.3 is 0 Å². The molecule has 0 aliphatic heterocycles. The molecule has 0 aliphatic carbocycles. The number of rotatable bonds is 9. The van der Waals surface area contributed by atoms with Crippen molar-refractivity contribution in [1.29, 1.82) is 0 Å². The maximum Gasteiger partial charge on any atom is 0.251 e. The quantitative estimate of drug-likeness (QED) is 0.597. The van der Waals surface area contributed by atoms with Crippen molar-refractivity contribution in [2.45, 2.75) is 19.3 Å². The van der Waals surface area contributed by atoms with Crippen molar-refractivity contribution >= 4 is 5.91 Å². The van der Waals surface area contributed by atoms with Crippen LogP contribution in [0.2, 0.25) is 0 Å². The van der Waals surface area contributed by atoms with Crippen LogP contribution < -0.4 is 10.1 Å². The average molecular weight is 349 g/mol. The Morgan fingerprint density at radius 2 is 1.81 bits per heavy atom. The number of amides is 1. The first-order chi connectivity index (χ1) is 12.8. The molecule has 2 aromatic carbocycles. The first-order valence-corrected chi connectivity index (χ1v) is 8.87. The Bertz CT molecular complexity index is 784. The minimum absolute atomic E-state index is 0.0140. The van der Waals surface area contributed by atoms with Crippen LogP contribution in [-0.4, -0.2) is 28.6 Å². The first-order valence-electron chi connectivity index (χ1n) is 8.87. The molecule has 0 radical (unpaired) electrons. The monoisotopic (exact) mass is 349 g/mol. The summed E-state index contributed by atoms with van der Waals surface area (Å²) in [6, 6.07) is 17.2. The molecule has 134 valence electrons. The van der Waals surface area contributed by atoms with Crippen LogP contribution in [0.15, 0.2) is 73.3 Å². The third kappa shape index (κ3) is 5.21. The summed E-state index contributed by atoms with van der Waals surface area (Å²) in [7, 11) is 0. The number of aromatic nitrogens is 2. The Morgan fingerprint density at radius 1 is 1.00 bits per heavy atom. The van der Waals surface area contributed by atoms with E-state index in [4.69, 9.17) is 4.74 Å². The molecule has 0 spiro atoms. The number of carbonyl (C=O) groups excluding carboxylic acids is 1. The molecule has 0 bridgehead atoms. The van der Waals surface area contributed by atoms with Crippen LogP contribution in [0, 0.1) is 0 Å². The van der Waals surface area contributed by atoms with E-state index in [0.29, 0.717) is 18.7 Å². The molecular weight excluding hydrogens is 326 g/mol. The van der Waals surface area contributed by atoms with Crippen LogP contribution in [-0.2, 0) is 0 Å². The Labute approximate surface area is 153 Å². The van der Waals surface area contributed by atoms with Crippen LogP contribution in [0.3, 0.4) is 0 Å². The summed E-state index contributed by atoms with van der Waals surface area (Å²) in [5.41, 5.74) is 1.76. The van der Waals surface area contributed by atoms with E-state index in [0.717, 1.165) is 30.7 Å². The summed E-state index contributed by atoms with van der Waals surface area (Å²) in [6.45, 7) is 1.37. The van der Waals surface area contributed by atoms with Crippen LogP contribution in [0.1, 0.15) is 29.6 Å². The largest absolute Gasteiger partial charge is 0.494 e. The van der Waals surface area contributed by atoms with E-state index < -0.39 is 0 Å². The maximum atomic E-state index is 11.9. The average Bonchev–Trinajstić information content (AvgIpc) is 3.23. The molecule has 0 saturated carbocycles. The lowest BCUT2D eigenvalue weighted by Gasteiger charge is -2.08. The van der Waals surface area contributed by atoms with Gasteiger partial charge in [0.2, 0.25) is 0 Å². The van der Waals surface area contributed by atoms with E-state index in [1.807, 2.05) is 65.4 Å². The Hall–Kier alpha value is -3.08. The number of hydrogen-bond donors (Lipinski definition) is 1. The highest BCUT2D eigenvalue weighted by molar-refractivity contribution is 5.94. The first kappa shape index (κ1) is 17.7. The number of benzene rings is 2. The van der Waals surface area contributed by atoms with Gasteiger partial charge < -0.3 is 14.6 Å². The summed E-state index contributed by atoms with van der Waals surface area (Å²) in [5, 5.41) is 2.94. The minimum atomic E-state index is -0.0140. The van der Waals surface area contributed by atoms with Gasteiger partial charge in [0.05, 0.1) is 12.9 Å². The zero-order valence-electron chi connectivity index (χ0n) is 14.7. The Kier molecular flexibility index (Phi) is 6.42. The van der Waals surface area contributed by atoms with E-state index in [1.165, 1.54) is 0 Å². The fourth-order valence-electron chi connectivity index (χ4n) is 2.61. The molecule has 5 nitrogen and oxygen atoms in total. The molecule has 5 heteroatoms. The third-order valence-electron chi connectivity index (χ3n) is 4.05. The molecule has 3 rings (SSSR count). The topological polar surface area (TPSA) is 56.1 Å². The van der Waals surface area contributed by atoms with Gasteiger partial charge in [0.1, 0.15) is 5.75 Å². The predicted octanol–water partition coefficient (Wildman–Crippen LogP) is 3.85. The highest BCUT2D eigenvalue weighted by Crippen LogP contribution is 2.15. The molecule has 1 heterocycles. The van der Waals surface area contributed by atoms with Crippen molar-refractivity contribution in [3.8, 4) is 11.4 Å². The third-order valence-corrected chi connectivity index (χ3v) is 4.05. The lowest BCUT2D eigenvalue weighted by Crippen LogP contribution is -2.24. The molecule has 0 atom stereocenters. The molecule has 0 aliphatic rings. The van der Waals surface area contributed by atoms with Gasteiger partial charge in [0.25, 0.3) is 5.91 Å². The van der Waals surface area contributed by atoms with Gasteiger partial charge in [-0.25, -0.2) is 4.98 Å². The van der Waals surface area contributed by atoms with Crippen LogP contribution in [0.5, 0.6) is 5.75 Å². The second-order valence-electron chi connectivity index (χ2n) is 5.99.